The van der Waals surface area contributed by atoms with Crippen molar-refractivity contribution in [3.63, 3.8) is 0 Å². The Labute approximate surface area is 139 Å². The molecule has 1 aliphatic heterocycles. The van der Waals surface area contributed by atoms with Crippen molar-refractivity contribution in [2.45, 2.75) is 52.6 Å². The molecular formula is C18H29N3O2. The van der Waals surface area contributed by atoms with Gasteiger partial charge in [-0.1, -0.05) is 13.0 Å². The van der Waals surface area contributed by atoms with Crippen molar-refractivity contribution in [3.8, 4) is 0 Å². The van der Waals surface area contributed by atoms with Crippen LogP contribution in [0, 0.1) is 0 Å². The smallest absolute Gasteiger partial charge is 0.410 e. The average molecular weight is 319 g/mol. The summed E-state index contributed by atoms with van der Waals surface area (Å²) in [5.41, 5.74) is 1.88. The van der Waals surface area contributed by atoms with E-state index < -0.39 is 5.60 Å². The van der Waals surface area contributed by atoms with E-state index in [0.29, 0.717) is 13.1 Å². The second kappa shape index (κ2) is 6.77. The van der Waals surface area contributed by atoms with Crippen molar-refractivity contribution in [1.82, 2.24) is 9.88 Å². The molecule has 1 aromatic heterocycles. The summed E-state index contributed by atoms with van der Waals surface area (Å²) in [6.45, 7) is 12.2. The van der Waals surface area contributed by atoms with Gasteiger partial charge in [-0.25, -0.2) is 9.78 Å². The van der Waals surface area contributed by atoms with Crippen LogP contribution in [-0.2, 0) is 11.2 Å². The highest BCUT2D eigenvalue weighted by Crippen LogP contribution is 2.26. The highest BCUT2D eigenvalue weighted by molar-refractivity contribution is 5.68. The largest absolute Gasteiger partial charge is 0.444 e. The van der Waals surface area contributed by atoms with Crippen LogP contribution in [0.5, 0.6) is 0 Å². The zero-order valence-corrected chi connectivity index (χ0v) is 15.2. The first-order valence-electron chi connectivity index (χ1n) is 8.40. The van der Waals surface area contributed by atoms with Crippen LogP contribution in [0.1, 0.15) is 51.8 Å². The summed E-state index contributed by atoms with van der Waals surface area (Å²) < 4.78 is 5.52. The van der Waals surface area contributed by atoms with Gasteiger partial charge in [0, 0.05) is 32.6 Å². The van der Waals surface area contributed by atoms with Crippen LogP contribution >= 0.6 is 0 Å². The Morgan fingerprint density at radius 2 is 2.13 bits per heavy atom. The van der Waals surface area contributed by atoms with Crippen molar-refractivity contribution in [2.75, 3.05) is 31.6 Å². The van der Waals surface area contributed by atoms with Crippen LogP contribution in [0.3, 0.4) is 0 Å². The molecule has 23 heavy (non-hydrogen) atoms. The van der Waals surface area contributed by atoms with E-state index in [9.17, 15) is 4.79 Å². The number of carbonyl (C=O) groups is 1. The summed E-state index contributed by atoms with van der Waals surface area (Å²) in [5.74, 6) is 1.19. The van der Waals surface area contributed by atoms with Crippen molar-refractivity contribution in [2.24, 2.45) is 0 Å². The zero-order chi connectivity index (χ0) is 17.2. The topological polar surface area (TPSA) is 45.7 Å². The van der Waals surface area contributed by atoms with Gasteiger partial charge in [0.25, 0.3) is 0 Å². The first kappa shape index (κ1) is 17.6. The first-order chi connectivity index (χ1) is 10.7. The van der Waals surface area contributed by atoms with E-state index >= 15 is 0 Å². The third-order valence-corrected chi connectivity index (χ3v) is 4.13. The maximum atomic E-state index is 12.4. The minimum absolute atomic E-state index is 0.199. The maximum absolute atomic E-state index is 12.4. The van der Waals surface area contributed by atoms with Crippen molar-refractivity contribution >= 4 is 11.9 Å². The molecule has 1 aliphatic rings. The molecule has 5 heteroatoms. The molecule has 2 rings (SSSR count). The first-order valence-corrected chi connectivity index (χ1v) is 8.40. The van der Waals surface area contributed by atoms with E-state index in [1.807, 2.05) is 27.8 Å². The second-order valence-electron chi connectivity index (χ2n) is 7.31. The fraction of sp³-hybridized carbons (Fsp3) is 0.667. The number of hydrogen-bond acceptors (Lipinski definition) is 4. The molecule has 0 aromatic carbocycles. The number of anilines is 1. The maximum Gasteiger partial charge on any atom is 0.410 e. The number of hydrogen-bond donors (Lipinski definition) is 0. The number of nitrogens with zero attached hydrogens (tertiary/aromatic N) is 3. The molecule has 0 saturated carbocycles. The number of pyridine rings is 1. The Kier molecular flexibility index (Phi) is 5.17. The third kappa shape index (κ3) is 4.36. The Balaban J connectivity index is 2.18. The molecule has 0 N–H and O–H groups in total. The van der Waals surface area contributed by atoms with Crippen LogP contribution < -0.4 is 4.90 Å². The molecule has 128 valence electrons. The number of rotatable bonds is 2. The lowest BCUT2D eigenvalue weighted by atomic mass is 10.0. The van der Waals surface area contributed by atoms with Crippen molar-refractivity contribution in [3.05, 3.63) is 23.4 Å². The Morgan fingerprint density at radius 3 is 2.74 bits per heavy atom. The summed E-state index contributed by atoms with van der Waals surface area (Å²) in [4.78, 5) is 21.1. The van der Waals surface area contributed by atoms with Gasteiger partial charge in [0.05, 0.1) is 5.69 Å². The summed E-state index contributed by atoms with van der Waals surface area (Å²) in [6.07, 6.45) is 0.588. The minimum atomic E-state index is -0.464. The highest BCUT2D eigenvalue weighted by atomic mass is 16.6. The molecule has 1 atom stereocenters. The quantitative estimate of drug-likeness (QED) is 0.838. The van der Waals surface area contributed by atoms with Crippen LogP contribution in [-0.4, -0.2) is 48.3 Å². The Morgan fingerprint density at radius 1 is 1.43 bits per heavy atom. The van der Waals surface area contributed by atoms with Crippen LogP contribution in [0.2, 0.25) is 0 Å². The lowest BCUT2D eigenvalue weighted by Gasteiger charge is -2.27. The lowest BCUT2D eigenvalue weighted by Crippen LogP contribution is -2.38. The average Bonchev–Trinajstić information content (AvgIpc) is 2.64. The summed E-state index contributed by atoms with van der Waals surface area (Å²) in [5, 5.41) is 0. The van der Waals surface area contributed by atoms with Crippen LogP contribution in [0.25, 0.3) is 0 Å². The molecule has 2 heterocycles. The van der Waals surface area contributed by atoms with Crippen molar-refractivity contribution in [1.29, 1.82) is 0 Å². The number of fused-ring (bicyclic) bond motifs is 1. The number of amides is 1. The normalized spacial score (nSPS) is 18.2. The molecule has 0 bridgehead atoms. The number of aromatic nitrogens is 1. The fourth-order valence-corrected chi connectivity index (χ4v) is 2.76. The summed E-state index contributed by atoms with van der Waals surface area (Å²) in [7, 11) is 2.04. The minimum Gasteiger partial charge on any atom is -0.444 e. The highest BCUT2D eigenvalue weighted by Gasteiger charge is 2.28. The van der Waals surface area contributed by atoms with E-state index in [1.54, 1.807) is 4.90 Å². The van der Waals surface area contributed by atoms with Crippen LogP contribution in [0.4, 0.5) is 10.6 Å². The van der Waals surface area contributed by atoms with Gasteiger partial charge in [-0.15, -0.1) is 0 Å². The van der Waals surface area contributed by atoms with Gasteiger partial charge in [0.1, 0.15) is 11.4 Å². The molecule has 0 radical (unpaired) electrons. The summed E-state index contributed by atoms with van der Waals surface area (Å²) in [6, 6.07) is 4.22. The van der Waals surface area contributed by atoms with E-state index in [0.717, 1.165) is 24.5 Å². The molecule has 0 saturated heterocycles. The Hall–Kier alpha value is -1.78. The van der Waals surface area contributed by atoms with Crippen molar-refractivity contribution < 1.29 is 9.53 Å². The van der Waals surface area contributed by atoms with Gasteiger partial charge < -0.3 is 14.5 Å². The van der Waals surface area contributed by atoms with Gasteiger partial charge >= 0.3 is 6.09 Å². The van der Waals surface area contributed by atoms with E-state index in [-0.39, 0.29) is 12.0 Å². The third-order valence-electron chi connectivity index (χ3n) is 4.13. The Bertz CT molecular complexity index is 566. The monoisotopic (exact) mass is 319 g/mol. The van der Waals surface area contributed by atoms with E-state index in [2.05, 4.69) is 30.9 Å². The van der Waals surface area contributed by atoms with Gasteiger partial charge in [0.2, 0.25) is 0 Å². The molecular weight excluding hydrogens is 290 g/mol. The molecule has 1 amide bonds. The molecule has 5 nitrogen and oxygen atoms in total. The standard InChI is InChI=1S/C18H29N3O2/c1-7-20(6)15-9-8-14-10-11-21(12-13(2)16(14)19-15)17(22)23-18(3,4)5/h8-9,13H,7,10-12H2,1-6H3/t13-/m1/s1. The van der Waals surface area contributed by atoms with Gasteiger partial charge in [-0.05, 0) is 45.7 Å². The molecule has 0 unspecified atom stereocenters. The van der Waals surface area contributed by atoms with E-state index in [4.69, 9.17) is 9.72 Å². The van der Waals surface area contributed by atoms with Gasteiger partial charge in [-0.3, -0.25) is 0 Å². The zero-order valence-electron chi connectivity index (χ0n) is 15.2. The van der Waals surface area contributed by atoms with Gasteiger partial charge in [0.15, 0.2) is 0 Å². The fourth-order valence-electron chi connectivity index (χ4n) is 2.76. The molecule has 0 fully saturated rings. The van der Waals surface area contributed by atoms with Gasteiger partial charge in [-0.2, -0.15) is 0 Å². The predicted molar refractivity (Wildman–Crippen MR) is 93.1 cm³/mol. The second-order valence-corrected chi connectivity index (χ2v) is 7.31. The molecule has 0 aliphatic carbocycles. The summed E-state index contributed by atoms with van der Waals surface area (Å²) >= 11 is 0. The number of carbonyl (C=O) groups excluding carboxylic acids is 1. The molecule has 1 aromatic rings. The van der Waals surface area contributed by atoms with E-state index in [1.165, 1.54) is 5.56 Å². The molecule has 0 spiro atoms. The predicted octanol–water partition coefficient (Wildman–Crippen LogP) is 3.43. The lowest BCUT2D eigenvalue weighted by molar-refractivity contribution is 0.0248. The van der Waals surface area contributed by atoms with Crippen LogP contribution in [0.15, 0.2) is 12.1 Å². The number of ether oxygens (including phenoxy) is 1. The SMILES string of the molecule is CCN(C)c1ccc2c(n1)[C@H](C)CN(C(=O)OC(C)(C)C)CC2.